The Bertz CT molecular complexity index is 821. The molecule has 8 heteroatoms. The van der Waals surface area contributed by atoms with Crippen LogP contribution in [-0.2, 0) is 24.3 Å². The summed E-state index contributed by atoms with van der Waals surface area (Å²) in [5, 5.41) is 0. The molecule has 3 rings (SSSR count). The number of nitrogens with zero attached hydrogens (tertiary/aromatic N) is 1. The molecule has 0 heterocycles. The van der Waals surface area contributed by atoms with Gasteiger partial charge in [0.15, 0.2) is 0 Å². The molecule has 0 bridgehead atoms. The molecule has 2 fully saturated rings. The van der Waals surface area contributed by atoms with Crippen molar-refractivity contribution in [1.29, 1.82) is 0 Å². The van der Waals surface area contributed by atoms with Crippen LogP contribution >= 0.6 is 0 Å². The highest BCUT2D eigenvalue weighted by molar-refractivity contribution is 7.88. The van der Waals surface area contributed by atoms with Gasteiger partial charge in [-0.05, 0) is 63.5 Å². The molecule has 26 heavy (non-hydrogen) atoms. The van der Waals surface area contributed by atoms with E-state index in [0.717, 1.165) is 44.1 Å². The Morgan fingerprint density at radius 2 is 1.42 bits per heavy atom. The van der Waals surface area contributed by atoms with Gasteiger partial charge in [0.05, 0.1) is 17.8 Å². The van der Waals surface area contributed by atoms with Crippen molar-refractivity contribution in [3.63, 3.8) is 0 Å². The first-order chi connectivity index (χ1) is 12.2. The second-order valence-electron chi connectivity index (χ2n) is 7.55. The van der Waals surface area contributed by atoms with Gasteiger partial charge in [-0.2, -0.15) is 12.7 Å². The van der Waals surface area contributed by atoms with Gasteiger partial charge in [-0.1, -0.05) is 17.7 Å². The van der Waals surface area contributed by atoms with E-state index in [1.807, 2.05) is 6.92 Å². The van der Waals surface area contributed by atoms with E-state index in [-0.39, 0.29) is 29.5 Å². The Hall–Kier alpha value is -0.960. The third-order valence-electron chi connectivity index (χ3n) is 5.23. The number of rotatable bonds is 7. The molecule has 0 unspecified atom stereocenters. The summed E-state index contributed by atoms with van der Waals surface area (Å²) in [6, 6.07) is 6.83. The van der Waals surface area contributed by atoms with E-state index in [2.05, 4.69) is 0 Å². The molecule has 0 atom stereocenters. The lowest BCUT2D eigenvalue weighted by molar-refractivity contribution is 0.164. The largest absolute Gasteiger partial charge is 0.296 e. The van der Waals surface area contributed by atoms with Gasteiger partial charge >= 0.3 is 0 Å². The zero-order valence-electron chi connectivity index (χ0n) is 15.3. The van der Waals surface area contributed by atoms with Crippen molar-refractivity contribution in [3.8, 4) is 0 Å². The summed E-state index contributed by atoms with van der Waals surface area (Å²) in [4.78, 5) is 0.175. The first kappa shape index (κ1) is 19.8. The van der Waals surface area contributed by atoms with Crippen LogP contribution in [0.3, 0.4) is 0 Å². The van der Waals surface area contributed by atoms with E-state index >= 15 is 0 Å². The molecule has 6 nitrogen and oxygen atoms in total. The Morgan fingerprint density at radius 1 is 0.923 bits per heavy atom. The van der Waals surface area contributed by atoms with Crippen LogP contribution in [0, 0.1) is 12.8 Å². The lowest BCUT2D eigenvalue weighted by Crippen LogP contribution is -2.43. The maximum absolute atomic E-state index is 12.3. The van der Waals surface area contributed by atoms with Gasteiger partial charge in [0.2, 0.25) is 10.0 Å². The maximum atomic E-state index is 12.3. The molecule has 2 aliphatic rings. The Kier molecular flexibility index (Phi) is 5.77. The lowest BCUT2D eigenvalue weighted by atomic mass is 9.86. The molecule has 0 spiro atoms. The monoisotopic (exact) mass is 401 g/mol. The van der Waals surface area contributed by atoms with Gasteiger partial charge in [0.1, 0.15) is 0 Å². The predicted octanol–water partition coefficient (Wildman–Crippen LogP) is 2.68. The molecular weight excluding hydrogens is 374 g/mol. The smallest absolute Gasteiger partial charge is 0.266 e. The highest BCUT2D eigenvalue weighted by Gasteiger charge is 2.41. The van der Waals surface area contributed by atoms with E-state index in [1.165, 1.54) is 6.26 Å². The van der Waals surface area contributed by atoms with Gasteiger partial charge in [0.25, 0.3) is 10.1 Å². The van der Waals surface area contributed by atoms with Gasteiger partial charge in [-0.25, -0.2) is 8.42 Å². The Morgan fingerprint density at radius 3 is 1.88 bits per heavy atom. The van der Waals surface area contributed by atoms with Crippen molar-refractivity contribution >= 4 is 20.1 Å². The van der Waals surface area contributed by atoms with E-state index in [1.54, 1.807) is 28.6 Å². The zero-order chi connectivity index (χ0) is 18.9. The molecule has 0 aliphatic heterocycles. The van der Waals surface area contributed by atoms with Crippen molar-refractivity contribution < 1.29 is 21.0 Å². The Balaban J connectivity index is 1.53. The molecule has 1 aromatic carbocycles. The number of sulfonamides is 1. The third-order valence-corrected chi connectivity index (χ3v) is 7.89. The molecule has 146 valence electrons. The van der Waals surface area contributed by atoms with Crippen LogP contribution in [-0.4, -0.2) is 46.1 Å². The third kappa shape index (κ3) is 4.85. The number of hydrogen-bond donors (Lipinski definition) is 0. The van der Waals surface area contributed by atoms with Gasteiger partial charge in [0, 0.05) is 12.1 Å². The molecule has 0 radical (unpaired) electrons. The summed E-state index contributed by atoms with van der Waals surface area (Å²) >= 11 is 0. The van der Waals surface area contributed by atoms with Crippen molar-refractivity contribution in [2.45, 2.75) is 62.4 Å². The van der Waals surface area contributed by atoms with Gasteiger partial charge in [-0.3, -0.25) is 4.18 Å². The van der Waals surface area contributed by atoms with E-state index in [4.69, 9.17) is 4.18 Å². The standard InChI is InChI=1S/C18H27NO5S2/c1-14-3-11-18(12-4-14)26(22,23)24-13-15-5-7-16(8-6-15)19(17-9-10-17)25(2,20)21/h3-4,11-12,15-17H,5-10,13H2,1-2H3. The summed E-state index contributed by atoms with van der Waals surface area (Å²) in [5.41, 5.74) is 0.994. The minimum absolute atomic E-state index is 0.0439. The van der Waals surface area contributed by atoms with Crippen LogP contribution in [0.2, 0.25) is 0 Å². The zero-order valence-corrected chi connectivity index (χ0v) is 16.9. The molecule has 0 saturated heterocycles. The summed E-state index contributed by atoms with van der Waals surface area (Å²) in [5.74, 6) is 0.145. The number of hydrogen-bond acceptors (Lipinski definition) is 5. The average molecular weight is 402 g/mol. The first-order valence-corrected chi connectivity index (χ1v) is 12.4. The van der Waals surface area contributed by atoms with Crippen molar-refractivity contribution in [1.82, 2.24) is 4.31 Å². The average Bonchev–Trinajstić information content (AvgIpc) is 3.38. The molecule has 0 amide bonds. The lowest BCUT2D eigenvalue weighted by Gasteiger charge is -2.35. The number of benzene rings is 1. The molecule has 1 aromatic rings. The first-order valence-electron chi connectivity index (χ1n) is 9.11. The fraction of sp³-hybridized carbons (Fsp3) is 0.667. The normalized spacial score (nSPS) is 24.7. The van der Waals surface area contributed by atoms with Gasteiger partial charge < -0.3 is 0 Å². The molecule has 2 aliphatic carbocycles. The highest BCUT2D eigenvalue weighted by Crippen LogP contribution is 2.37. The Labute approximate surface area is 156 Å². The van der Waals surface area contributed by atoms with Crippen LogP contribution < -0.4 is 0 Å². The quantitative estimate of drug-likeness (QED) is 0.656. The maximum Gasteiger partial charge on any atom is 0.296 e. The summed E-state index contributed by atoms with van der Waals surface area (Å²) in [6.45, 7) is 2.06. The molecule has 2 saturated carbocycles. The second-order valence-corrected chi connectivity index (χ2v) is 11.1. The van der Waals surface area contributed by atoms with E-state index in [9.17, 15) is 16.8 Å². The van der Waals surface area contributed by atoms with Crippen LogP contribution in [0.4, 0.5) is 0 Å². The fourth-order valence-corrected chi connectivity index (χ4v) is 6.18. The van der Waals surface area contributed by atoms with Crippen LogP contribution in [0.25, 0.3) is 0 Å². The van der Waals surface area contributed by atoms with Crippen LogP contribution in [0.5, 0.6) is 0 Å². The van der Waals surface area contributed by atoms with E-state index in [0.29, 0.717) is 0 Å². The van der Waals surface area contributed by atoms with Crippen molar-refractivity contribution in [2.75, 3.05) is 12.9 Å². The van der Waals surface area contributed by atoms with Crippen LogP contribution in [0.1, 0.15) is 44.1 Å². The topological polar surface area (TPSA) is 80.8 Å². The molecule has 0 N–H and O–H groups in total. The molecular formula is C18H27NO5S2. The van der Waals surface area contributed by atoms with Crippen molar-refractivity contribution in [2.24, 2.45) is 5.92 Å². The van der Waals surface area contributed by atoms with Crippen LogP contribution in [0.15, 0.2) is 29.2 Å². The van der Waals surface area contributed by atoms with E-state index < -0.39 is 20.1 Å². The molecule has 0 aromatic heterocycles. The summed E-state index contributed by atoms with van der Waals surface area (Å²) < 4.78 is 55.6. The van der Waals surface area contributed by atoms with Crippen molar-refractivity contribution in [3.05, 3.63) is 29.8 Å². The minimum Gasteiger partial charge on any atom is -0.266 e. The summed E-state index contributed by atoms with van der Waals surface area (Å²) in [7, 11) is -6.93. The highest BCUT2D eigenvalue weighted by atomic mass is 32.2. The fourth-order valence-electron chi connectivity index (χ4n) is 3.69. The SMILES string of the molecule is Cc1ccc(S(=O)(=O)OCC2CCC(N(C3CC3)S(C)(=O)=O)CC2)cc1. The predicted molar refractivity (Wildman–Crippen MR) is 99.8 cm³/mol. The second kappa shape index (κ2) is 7.58. The summed E-state index contributed by atoms with van der Waals surface area (Å²) in [6.07, 6.45) is 6.29. The number of aryl methyl sites for hydroxylation is 1. The minimum atomic E-state index is -3.74. The van der Waals surface area contributed by atoms with Gasteiger partial charge in [-0.15, -0.1) is 0 Å².